The molecule has 4 rings (SSSR count). The summed E-state index contributed by atoms with van der Waals surface area (Å²) >= 11 is 0. The lowest BCUT2D eigenvalue weighted by Gasteiger charge is -2.25. The third-order valence-corrected chi connectivity index (χ3v) is 4.80. The molecular formula is C22H15F6N3. The van der Waals surface area contributed by atoms with Crippen molar-refractivity contribution >= 4 is 17.2 Å². The molecule has 1 aromatic heterocycles. The van der Waals surface area contributed by atoms with Gasteiger partial charge in [0.1, 0.15) is 12.5 Å². The van der Waals surface area contributed by atoms with Crippen LogP contribution in [0.25, 0.3) is 5.70 Å². The Morgan fingerprint density at radius 3 is 2.03 bits per heavy atom. The minimum absolute atomic E-state index is 0.0459. The smallest absolute Gasteiger partial charge is 0.321 e. The lowest BCUT2D eigenvalue weighted by molar-refractivity contribution is -0.138. The van der Waals surface area contributed by atoms with Crippen LogP contribution in [0.15, 0.2) is 79.1 Å². The van der Waals surface area contributed by atoms with Gasteiger partial charge in [0.2, 0.25) is 0 Å². The average Bonchev–Trinajstić information content (AvgIpc) is 3.19. The molecule has 0 N–H and O–H groups in total. The van der Waals surface area contributed by atoms with Crippen LogP contribution in [0, 0.1) is 0 Å². The molecule has 0 bridgehead atoms. The maximum absolute atomic E-state index is 13.5. The molecule has 0 saturated carbocycles. The fraction of sp³-hybridized carbons (Fsp3) is 0.136. The maximum Gasteiger partial charge on any atom is 0.419 e. The first-order valence-electron chi connectivity index (χ1n) is 9.15. The van der Waals surface area contributed by atoms with Crippen molar-refractivity contribution in [3.05, 3.63) is 95.8 Å². The van der Waals surface area contributed by atoms with E-state index in [1.165, 1.54) is 35.5 Å². The van der Waals surface area contributed by atoms with Crippen molar-refractivity contribution in [1.82, 2.24) is 4.98 Å². The Bertz CT molecular complexity index is 1090. The number of nitrogens with zero attached hydrogens (tertiary/aromatic N) is 3. The fourth-order valence-electron chi connectivity index (χ4n) is 3.35. The normalized spacial score (nSPS) is 14.7. The van der Waals surface area contributed by atoms with Crippen molar-refractivity contribution in [2.45, 2.75) is 12.4 Å². The summed E-state index contributed by atoms with van der Waals surface area (Å²) in [4.78, 5) is 6.90. The van der Waals surface area contributed by atoms with Gasteiger partial charge < -0.3 is 9.80 Å². The topological polar surface area (TPSA) is 19.4 Å². The van der Waals surface area contributed by atoms with Gasteiger partial charge in [-0.3, -0.25) is 0 Å². The summed E-state index contributed by atoms with van der Waals surface area (Å²) < 4.78 is 79.3. The Balaban J connectivity index is 1.77. The SMILES string of the molecule is FC(F)(F)c1ccc(N2CN(c3ncccc3C(F)(F)F)C=C2c2ccccc2)cc1. The molecule has 1 aliphatic heterocycles. The van der Waals surface area contributed by atoms with Gasteiger partial charge in [-0.1, -0.05) is 30.3 Å². The quantitative estimate of drug-likeness (QED) is 0.444. The van der Waals surface area contributed by atoms with Gasteiger partial charge in [-0.2, -0.15) is 26.3 Å². The number of hydrogen-bond donors (Lipinski definition) is 0. The first-order valence-corrected chi connectivity index (χ1v) is 9.15. The molecule has 0 atom stereocenters. The highest BCUT2D eigenvalue weighted by atomic mass is 19.4. The van der Waals surface area contributed by atoms with Crippen LogP contribution in [0.3, 0.4) is 0 Å². The maximum atomic E-state index is 13.5. The third kappa shape index (κ3) is 4.21. The van der Waals surface area contributed by atoms with Crippen LogP contribution in [0.5, 0.6) is 0 Å². The third-order valence-electron chi connectivity index (χ3n) is 4.80. The molecule has 160 valence electrons. The van der Waals surface area contributed by atoms with E-state index < -0.39 is 23.5 Å². The van der Waals surface area contributed by atoms with Crippen LogP contribution >= 0.6 is 0 Å². The Hall–Kier alpha value is -3.49. The lowest BCUT2D eigenvalue weighted by atomic mass is 10.1. The summed E-state index contributed by atoms with van der Waals surface area (Å²) in [6.07, 6.45) is -6.30. The van der Waals surface area contributed by atoms with Crippen LogP contribution in [0.4, 0.5) is 37.8 Å². The van der Waals surface area contributed by atoms with Crippen molar-refractivity contribution in [2.24, 2.45) is 0 Å². The molecule has 0 aliphatic carbocycles. The zero-order valence-electron chi connectivity index (χ0n) is 15.8. The van der Waals surface area contributed by atoms with E-state index in [0.717, 1.165) is 18.2 Å². The van der Waals surface area contributed by atoms with Gasteiger partial charge in [-0.25, -0.2) is 4.98 Å². The van der Waals surface area contributed by atoms with Crippen LogP contribution in [-0.4, -0.2) is 11.7 Å². The van der Waals surface area contributed by atoms with Crippen LogP contribution in [-0.2, 0) is 12.4 Å². The number of alkyl halides is 6. The zero-order valence-corrected chi connectivity index (χ0v) is 15.8. The Kier molecular flexibility index (Phi) is 5.12. The standard InChI is InChI=1S/C22H15F6N3/c23-21(24,25)16-8-10-17(11-9-16)31-14-30(13-19(31)15-5-2-1-3-6-15)20-18(22(26,27)28)7-4-12-29-20/h1-13H,14H2. The number of aromatic nitrogens is 1. The highest BCUT2D eigenvalue weighted by Gasteiger charge is 2.37. The lowest BCUT2D eigenvalue weighted by Crippen LogP contribution is -2.28. The van der Waals surface area contributed by atoms with Crippen molar-refractivity contribution in [1.29, 1.82) is 0 Å². The number of anilines is 2. The minimum Gasteiger partial charge on any atom is -0.321 e. The average molecular weight is 435 g/mol. The second kappa shape index (κ2) is 7.64. The van der Waals surface area contributed by atoms with Gasteiger partial charge in [-0.05, 0) is 42.0 Å². The molecule has 2 heterocycles. The van der Waals surface area contributed by atoms with E-state index in [9.17, 15) is 26.3 Å². The molecule has 31 heavy (non-hydrogen) atoms. The molecule has 3 nitrogen and oxygen atoms in total. The van der Waals surface area contributed by atoms with E-state index in [1.807, 2.05) is 0 Å². The van der Waals surface area contributed by atoms with E-state index in [-0.39, 0.29) is 12.5 Å². The number of rotatable bonds is 3. The van der Waals surface area contributed by atoms with Crippen LogP contribution in [0.2, 0.25) is 0 Å². The monoisotopic (exact) mass is 435 g/mol. The molecule has 0 radical (unpaired) electrons. The van der Waals surface area contributed by atoms with Crippen molar-refractivity contribution in [3.8, 4) is 0 Å². The summed E-state index contributed by atoms with van der Waals surface area (Å²) in [7, 11) is 0. The van der Waals surface area contributed by atoms with E-state index in [1.54, 1.807) is 35.2 Å². The molecular weight excluding hydrogens is 420 g/mol. The Morgan fingerprint density at radius 1 is 0.742 bits per heavy atom. The van der Waals surface area contributed by atoms with Gasteiger partial charge in [0.25, 0.3) is 0 Å². The van der Waals surface area contributed by atoms with Crippen molar-refractivity contribution in [2.75, 3.05) is 16.5 Å². The van der Waals surface area contributed by atoms with Crippen molar-refractivity contribution in [3.63, 3.8) is 0 Å². The predicted molar refractivity (Wildman–Crippen MR) is 105 cm³/mol. The highest BCUT2D eigenvalue weighted by molar-refractivity contribution is 5.84. The predicted octanol–water partition coefficient (Wildman–Crippen LogP) is 6.40. The summed E-state index contributed by atoms with van der Waals surface area (Å²) in [5.41, 5.74) is -0.0434. The molecule has 1 aliphatic rings. The van der Waals surface area contributed by atoms with E-state index in [4.69, 9.17) is 0 Å². The second-order valence-electron chi connectivity index (χ2n) is 6.84. The summed E-state index contributed by atoms with van der Waals surface area (Å²) in [6, 6.07) is 15.5. The Morgan fingerprint density at radius 2 is 1.42 bits per heavy atom. The molecule has 0 saturated heterocycles. The van der Waals surface area contributed by atoms with Crippen molar-refractivity contribution < 1.29 is 26.3 Å². The number of pyridine rings is 1. The van der Waals surface area contributed by atoms with Crippen LogP contribution < -0.4 is 9.80 Å². The van der Waals surface area contributed by atoms with Crippen LogP contribution in [0.1, 0.15) is 16.7 Å². The molecule has 0 fully saturated rings. The molecule has 0 unspecified atom stereocenters. The molecule has 0 spiro atoms. The van der Waals surface area contributed by atoms with Gasteiger partial charge in [0.05, 0.1) is 16.8 Å². The van der Waals surface area contributed by atoms with Gasteiger partial charge in [0, 0.05) is 18.1 Å². The zero-order chi connectivity index (χ0) is 22.2. The number of benzene rings is 2. The molecule has 0 amide bonds. The van der Waals surface area contributed by atoms with Gasteiger partial charge >= 0.3 is 12.4 Å². The second-order valence-corrected chi connectivity index (χ2v) is 6.84. The molecule has 2 aromatic carbocycles. The molecule has 3 aromatic rings. The highest BCUT2D eigenvalue weighted by Crippen LogP contribution is 2.40. The summed E-state index contributed by atoms with van der Waals surface area (Å²) in [5, 5.41) is 0. The van der Waals surface area contributed by atoms with Gasteiger partial charge in [-0.15, -0.1) is 0 Å². The van der Waals surface area contributed by atoms with E-state index in [2.05, 4.69) is 4.98 Å². The Labute approximate surface area is 173 Å². The van der Waals surface area contributed by atoms with E-state index >= 15 is 0 Å². The van der Waals surface area contributed by atoms with Gasteiger partial charge in [0.15, 0.2) is 0 Å². The summed E-state index contributed by atoms with van der Waals surface area (Å²) in [6.45, 7) is -0.0459. The fourth-order valence-corrected chi connectivity index (χ4v) is 3.35. The largest absolute Gasteiger partial charge is 0.419 e. The first-order chi connectivity index (χ1) is 14.6. The first kappa shape index (κ1) is 20.8. The minimum atomic E-state index is -4.61. The number of halogens is 6. The summed E-state index contributed by atoms with van der Waals surface area (Å²) in [5.74, 6) is -0.280. The number of hydrogen-bond acceptors (Lipinski definition) is 3. The molecule has 9 heteroatoms. The van der Waals surface area contributed by atoms with E-state index in [0.29, 0.717) is 16.9 Å².